The van der Waals surface area contributed by atoms with Gasteiger partial charge in [0.05, 0.1) is 18.6 Å². The Kier molecular flexibility index (Phi) is 3.40. The molecule has 2 heterocycles. The lowest BCUT2D eigenvalue weighted by Crippen LogP contribution is -2.52. The van der Waals surface area contributed by atoms with E-state index in [0.717, 1.165) is 38.9 Å². The number of carbonyl (C=O) groups is 1. The smallest absolute Gasteiger partial charge is 0.313 e. The highest BCUT2D eigenvalue weighted by Crippen LogP contribution is 2.68. The van der Waals surface area contributed by atoms with Crippen LogP contribution in [0.25, 0.3) is 0 Å². The zero-order valence-electron chi connectivity index (χ0n) is 16.7. The van der Waals surface area contributed by atoms with Gasteiger partial charge in [-0.1, -0.05) is 18.6 Å². The minimum atomic E-state index is -0.295. The number of hydrogen-bond donors (Lipinski definition) is 0. The minimum absolute atomic E-state index is 0.107. The molecule has 7 unspecified atom stereocenters. The number of allylic oxidation sites excluding steroid dienone is 2. The van der Waals surface area contributed by atoms with E-state index in [1.165, 1.54) is 25.7 Å². The monoisotopic (exact) mass is 372 g/mol. The number of hydrogen-bond acceptors (Lipinski definition) is 4. The van der Waals surface area contributed by atoms with Crippen molar-refractivity contribution in [3.05, 3.63) is 11.6 Å². The second-order valence-electron chi connectivity index (χ2n) is 10.4. The summed E-state index contributed by atoms with van der Waals surface area (Å²) < 4.78 is 17.9. The molecule has 0 bridgehead atoms. The second kappa shape index (κ2) is 5.38. The Morgan fingerprint density at radius 1 is 1.04 bits per heavy atom. The number of cyclic esters (lactones) is 1. The van der Waals surface area contributed by atoms with E-state index in [2.05, 4.69) is 19.9 Å². The Morgan fingerprint density at radius 3 is 2.63 bits per heavy atom. The van der Waals surface area contributed by atoms with Gasteiger partial charge in [0.15, 0.2) is 5.79 Å². The lowest BCUT2D eigenvalue weighted by molar-refractivity contribution is -0.207. The summed E-state index contributed by atoms with van der Waals surface area (Å²) in [4.78, 5) is 12.9. The molecule has 3 saturated carbocycles. The first kappa shape index (κ1) is 17.0. The van der Waals surface area contributed by atoms with E-state index < -0.39 is 0 Å². The fourth-order valence-electron chi connectivity index (χ4n) is 8.37. The summed E-state index contributed by atoms with van der Waals surface area (Å²) in [6, 6.07) is 0. The van der Waals surface area contributed by atoms with E-state index in [1.807, 2.05) is 0 Å². The molecule has 4 heteroatoms. The van der Waals surface area contributed by atoms with Gasteiger partial charge >= 0.3 is 5.97 Å². The van der Waals surface area contributed by atoms with Crippen LogP contribution in [0.2, 0.25) is 0 Å². The first-order valence-electron chi connectivity index (χ1n) is 11.2. The van der Waals surface area contributed by atoms with Crippen LogP contribution in [0.1, 0.15) is 65.2 Å². The van der Waals surface area contributed by atoms with E-state index >= 15 is 0 Å². The molecule has 4 nitrogen and oxygen atoms in total. The predicted molar refractivity (Wildman–Crippen MR) is 99.7 cm³/mol. The molecule has 0 aromatic rings. The molecule has 2 aliphatic heterocycles. The summed E-state index contributed by atoms with van der Waals surface area (Å²) in [6.07, 6.45) is 11.6. The van der Waals surface area contributed by atoms with Crippen LogP contribution >= 0.6 is 0 Å². The molecule has 5 fully saturated rings. The van der Waals surface area contributed by atoms with Gasteiger partial charge in [0, 0.05) is 18.8 Å². The van der Waals surface area contributed by atoms with Crippen LogP contribution in [0.4, 0.5) is 0 Å². The Morgan fingerprint density at radius 2 is 1.81 bits per heavy atom. The molecule has 7 atom stereocenters. The summed E-state index contributed by atoms with van der Waals surface area (Å²) in [5, 5.41) is 0. The Labute approximate surface area is 162 Å². The number of rotatable bonds is 0. The quantitative estimate of drug-likeness (QED) is 0.471. The second-order valence-corrected chi connectivity index (χ2v) is 10.4. The summed E-state index contributed by atoms with van der Waals surface area (Å²) in [7, 11) is 0. The minimum Gasteiger partial charge on any atom is -0.462 e. The fourth-order valence-corrected chi connectivity index (χ4v) is 8.37. The van der Waals surface area contributed by atoms with Crippen molar-refractivity contribution in [1.29, 1.82) is 0 Å². The molecule has 0 radical (unpaired) electrons. The van der Waals surface area contributed by atoms with Crippen molar-refractivity contribution >= 4 is 5.97 Å². The summed E-state index contributed by atoms with van der Waals surface area (Å²) in [5.74, 6) is 1.99. The SMILES string of the molecule is CC1OC(=O)C23CC=C4C(CCC5CC6(CCC45C)OCCO6)C2CCC13. The maximum atomic E-state index is 12.9. The number of fused-ring (bicyclic) bond motifs is 4. The highest BCUT2D eigenvalue weighted by atomic mass is 16.7. The van der Waals surface area contributed by atoms with E-state index in [1.54, 1.807) is 5.57 Å². The molecule has 0 aromatic heterocycles. The summed E-state index contributed by atoms with van der Waals surface area (Å²) in [6.45, 7) is 6.11. The van der Waals surface area contributed by atoms with Crippen LogP contribution in [0.15, 0.2) is 11.6 Å². The molecule has 6 rings (SSSR count). The van der Waals surface area contributed by atoms with Gasteiger partial charge in [0.2, 0.25) is 0 Å². The first-order chi connectivity index (χ1) is 13.0. The molecule has 0 amide bonds. The van der Waals surface area contributed by atoms with Gasteiger partial charge in [0.1, 0.15) is 6.10 Å². The third-order valence-corrected chi connectivity index (χ3v) is 9.68. The van der Waals surface area contributed by atoms with E-state index in [4.69, 9.17) is 14.2 Å². The normalized spacial score (nSPS) is 52.6. The van der Waals surface area contributed by atoms with Gasteiger partial charge in [-0.2, -0.15) is 0 Å². The standard InChI is InChI=1S/C23H32O4/c1-14-17-5-6-19-16-4-3-15-13-22(25-11-12-26-22)10-9-21(15,2)18(16)7-8-23(17,19)20(24)27-14/h7,14-17,19H,3-6,8-13H2,1-2H3. The average Bonchev–Trinajstić information content (AvgIpc) is 3.32. The highest BCUT2D eigenvalue weighted by Gasteiger charge is 2.67. The van der Waals surface area contributed by atoms with Crippen LogP contribution in [-0.4, -0.2) is 31.1 Å². The maximum absolute atomic E-state index is 12.9. The molecule has 4 aliphatic carbocycles. The highest BCUT2D eigenvalue weighted by molar-refractivity contribution is 5.81. The summed E-state index contributed by atoms with van der Waals surface area (Å²) >= 11 is 0. The van der Waals surface area contributed by atoms with E-state index in [-0.39, 0.29) is 28.7 Å². The predicted octanol–water partition coefficient (Wildman–Crippen LogP) is 4.23. The van der Waals surface area contributed by atoms with Gasteiger partial charge in [-0.3, -0.25) is 4.79 Å². The van der Waals surface area contributed by atoms with Crippen molar-refractivity contribution < 1.29 is 19.0 Å². The van der Waals surface area contributed by atoms with Crippen molar-refractivity contribution in [2.45, 2.75) is 77.1 Å². The fraction of sp³-hybridized carbons (Fsp3) is 0.870. The molecule has 148 valence electrons. The number of ether oxygens (including phenoxy) is 3. The number of esters is 1. The Hall–Kier alpha value is -0.870. The Balaban J connectivity index is 1.35. The van der Waals surface area contributed by atoms with Gasteiger partial charge in [0.25, 0.3) is 0 Å². The zero-order chi connectivity index (χ0) is 18.4. The third kappa shape index (κ3) is 1.99. The van der Waals surface area contributed by atoms with Crippen LogP contribution in [0.3, 0.4) is 0 Å². The summed E-state index contributed by atoms with van der Waals surface area (Å²) in [5.41, 5.74) is 1.73. The van der Waals surface area contributed by atoms with Crippen molar-refractivity contribution in [1.82, 2.24) is 0 Å². The molecule has 0 N–H and O–H groups in total. The molecule has 2 spiro atoms. The van der Waals surface area contributed by atoms with Crippen molar-refractivity contribution in [2.24, 2.45) is 34.5 Å². The van der Waals surface area contributed by atoms with Gasteiger partial charge in [-0.15, -0.1) is 0 Å². The van der Waals surface area contributed by atoms with Crippen LogP contribution in [0, 0.1) is 34.5 Å². The maximum Gasteiger partial charge on any atom is 0.313 e. The number of carbonyl (C=O) groups excluding carboxylic acids is 1. The lowest BCUT2D eigenvalue weighted by Gasteiger charge is -2.57. The van der Waals surface area contributed by atoms with Crippen LogP contribution in [-0.2, 0) is 19.0 Å². The van der Waals surface area contributed by atoms with Gasteiger partial charge in [-0.25, -0.2) is 0 Å². The topological polar surface area (TPSA) is 44.8 Å². The van der Waals surface area contributed by atoms with E-state index in [0.29, 0.717) is 23.7 Å². The molecule has 0 aromatic carbocycles. The van der Waals surface area contributed by atoms with Crippen LogP contribution in [0.5, 0.6) is 0 Å². The average molecular weight is 373 g/mol. The third-order valence-electron chi connectivity index (χ3n) is 9.68. The van der Waals surface area contributed by atoms with Crippen LogP contribution < -0.4 is 0 Å². The molecule has 2 saturated heterocycles. The largest absolute Gasteiger partial charge is 0.462 e. The van der Waals surface area contributed by atoms with Crippen molar-refractivity contribution in [3.8, 4) is 0 Å². The zero-order valence-corrected chi connectivity index (χ0v) is 16.7. The van der Waals surface area contributed by atoms with Gasteiger partial charge in [-0.05, 0) is 68.6 Å². The molecular formula is C23H32O4. The molecule has 6 aliphatic rings. The molecular weight excluding hydrogens is 340 g/mol. The molecule has 27 heavy (non-hydrogen) atoms. The van der Waals surface area contributed by atoms with Crippen molar-refractivity contribution in [2.75, 3.05) is 13.2 Å². The first-order valence-corrected chi connectivity index (χ1v) is 11.2. The Bertz CT molecular complexity index is 707. The van der Waals surface area contributed by atoms with E-state index in [9.17, 15) is 4.79 Å². The van der Waals surface area contributed by atoms with Crippen molar-refractivity contribution in [3.63, 3.8) is 0 Å². The lowest BCUT2D eigenvalue weighted by atomic mass is 9.48. The van der Waals surface area contributed by atoms with Gasteiger partial charge < -0.3 is 14.2 Å².